The third-order valence-corrected chi connectivity index (χ3v) is 5.94. The molecule has 1 aromatic rings. The average molecular weight is 322 g/mol. The molecule has 0 spiro atoms. The molecule has 1 aliphatic carbocycles. The third-order valence-electron chi connectivity index (χ3n) is 4.67. The summed E-state index contributed by atoms with van der Waals surface area (Å²) < 4.78 is 24.7. The summed E-state index contributed by atoms with van der Waals surface area (Å²) in [6.45, 7) is 0.827. The molecular weight excluding hydrogens is 300 g/mol. The molecule has 6 heteroatoms. The second kappa shape index (κ2) is 6.01. The van der Waals surface area contributed by atoms with E-state index >= 15 is 0 Å². The number of rotatable bonds is 3. The predicted molar refractivity (Wildman–Crippen MR) is 84.8 cm³/mol. The van der Waals surface area contributed by atoms with Gasteiger partial charge in [-0.15, -0.1) is 0 Å². The highest BCUT2D eigenvalue weighted by Gasteiger charge is 2.32. The van der Waals surface area contributed by atoms with Crippen molar-refractivity contribution in [3.05, 3.63) is 35.4 Å². The van der Waals surface area contributed by atoms with E-state index in [2.05, 4.69) is 17.4 Å². The lowest BCUT2D eigenvalue weighted by Crippen LogP contribution is -2.45. The van der Waals surface area contributed by atoms with Crippen molar-refractivity contribution < 1.29 is 13.2 Å². The number of aryl methyl sites for hydroxylation is 1. The summed E-state index contributed by atoms with van der Waals surface area (Å²) in [7, 11) is -3.21. The van der Waals surface area contributed by atoms with Crippen molar-refractivity contribution in [2.75, 3.05) is 19.3 Å². The van der Waals surface area contributed by atoms with Gasteiger partial charge in [-0.05, 0) is 36.8 Å². The van der Waals surface area contributed by atoms with Crippen molar-refractivity contribution in [1.29, 1.82) is 0 Å². The summed E-state index contributed by atoms with van der Waals surface area (Å²) in [4.78, 5) is 12.5. The highest BCUT2D eigenvalue weighted by atomic mass is 32.2. The van der Waals surface area contributed by atoms with E-state index in [1.54, 1.807) is 0 Å². The van der Waals surface area contributed by atoms with Crippen molar-refractivity contribution in [2.24, 2.45) is 5.92 Å². The van der Waals surface area contributed by atoms with Crippen LogP contribution in [0.1, 0.15) is 36.4 Å². The molecule has 1 heterocycles. The van der Waals surface area contributed by atoms with E-state index in [9.17, 15) is 13.2 Å². The molecule has 1 fully saturated rings. The minimum absolute atomic E-state index is 0.0185. The smallest absolute Gasteiger partial charge is 0.224 e. The lowest BCUT2D eigenvalue weighted by atomic mass is 9.98. The molecule has 0 saturated carbocycles. The number of fused-ring (bicyclic) bond motifs is 1. The monoisotopic (exact) mass is 322 g/mol. The SMILES string of the molecule is CS(=O)(=O)N1CCCC(C(=O)NC2CCc3ccccc32)C1. The molecule has 1 saturated heterocycles. The summed E-state index contributed by atoms with van der Waals surface area (Å²) in [5, 5.41) is 3.12. The number of nitrogens with one attached hydrogen (secondary N) is 1. The molecule has 0 aromatic heterocycles. The molecule has 1 aliphatic heterocycles. The summed E-state index contributed by atoms with van der Waals surface area (Å²) in [6.07, 6.45) is 4.62. The highest BCUT2D eigenvalue weighted by Crippen LogP contribution is 2.31. The Balaban J connectivity index is 1.66. The van der Waals surface area contributed by atoms with Gasteiger partial charge in [0.15, 0.2) is 0 Å². The number of amides is 1. The number of hydrogen-bond acceptors (Lipinski definition) is 3. The molecule has 1 aromatic carbocycles. The van der Waals surface area contributed by atoms with E-state index in [-0.39, 0.29) is 17.9 Å². The number of nitrogens with zero attached hydrogens (tertiary/aromatic N) is 1. The number of carbonyl (C=O) groups is 1. The van der Waals surface area contributed by atoms with Gasteiger partial charge in [-0.3, -0.25) is 4.79 Å². The van der Waals surface area contributed by atoms with Gasteiger partial charge in [0.2, 0.25) is 15.9 Å². The Morgan fingerprint density at radius 2 is 2.05 bits per heavy atom. The maximum Gasteiger partial charge on any atom is 0.224 e. The van der Waals surface area contributed by atoms with Gasteiger partial charge in [0, 0.05) is 13.1 Å². The minimum Gasteiger partial charge on any atom is -0.349 e. The Hall–Kier alpha value is -1.40. The van der Waals surface area contributed by atoms with Crippen LogP contribution in [0.25, 0.3) is 0 Å². The molecule has 0 bridgehead atoms. The topological polar surface area (TPSA) is 66.5 Å². The van der Waals surface area contributed by atoms with Crippen LogP contribution in [-0.2, 0) is 21.2 Å². The first-order chi connectivity index (χ1) is 10.4. The van der Waals surface area contributed by atoms with Gasteiger partial charge in [0.1, 0.15) is 0 Å². The lowest BCUT2D eigenvalue weighted by Gasteiger charge is -2.31. The number of carbonyl (C=O) groups excluding carboxylic acids is 1. The van der Waals surface area contributed by atoms with Gasteiger partial charge in [-0.2, -0.15) is 0 Å². The van der Waals surface area contributed by atoms with Crippen LogP contribution < -0.4 is 5.32 Å². The summed E-state index contributed by atoms with van der Waals surface area (Å²) >= 11 is 0. The van der Waals surface area contributed by atoms with E-state index in [1.807, 2.05) is 12.1 Å². The Morgan fingerprint density at radius 3 is 2.82 bits per heavy atom. The fourth-order valence-electron chi connectivity index (χ4n) is 3.45. The van der Waals surface area contributed by atoms with Crippen molar-refractivity contribution in [1.82, 2.24) is 9.62 Å². The van der Waals surface area contributed by atoms with Gasteiger partial charge < -0.3 is 5.32 Å². The zero-order valence-corrected chi connectivity index (χ0v) is 13.6. The van der Waals surface area contributed by atoms with Crippen LogP contribution in [-0.4, -0.2) is 38.0 Å². The average Bonchev–Trinajstić information content (AvgIpc) is 2.90. The molecular formula is C16H22N2O3S. The quantitative estimate of drug-likeness (QED) is 0.916. The van der Waals surface area contributed by atoms with E-state index in [1.165, 1.54) is 21.7 Å². The van der Waals surface area contributed by atoms with Gasteiger partial charge in [0.05, 0.1) is 18.2 Å². The van der Waals surface area contributed by atoms with E-state index < -0.39 is 10.0 Å². The predicted octanol–water partition coefficient (Wildman–Crippen LogP) is 1.46. The maximum absolute atomic E-state index is 12.5. The highest BCUT2D eigenvalue weighted by molar-refractivity contribution is 7.88. The molecule has 5 nitrogen and oxygen atoms in total. The third kappa shape index (κ3) is 3.17. The molecule has 22 heavy (non-hydrogen) atoms. The van der Waals surface area contributed by atoms with Crippen molar-refractivity contribution in [3.8, 4) is 0 Å². The van der Waals surface area contributed by atoms with Crippen LogP contribution in [0.3, 0.4) is 0 Å². The Morgan fingerprint density at radius 1 is 1.27 bits per heavy atom. The first-order valence-corrected chi connectivity index (χ1v) is 9.63. The van der Waals surface area contributed by atoms with Crippen molar-refractivity contribution in [3.63, 3.8) is 0 Å². The summed E-state index contributed by atoms with van der Waals surface area (Å²) in [5.74, 6) is -0.258. The first-order valence-electron chi connectivity index (χ1n) is 7.78. The van der Waals surface area contributed by atoms with Crippen LogP contribution in [0.2, 0.25) is 0 Å². The molecule has 3 rings (SSSR count). The maximum atomic E-state index is 12.5. The fourth-order valence-corrected chi connectivity index (χ4v) is 4.37. The normalized spacial score (nSPS) is 25.7. The molecule has 2 aliphatic rings. The Bertz CT molecular complexity index is 672. The van der Waals surface area contributed by atoms with E-state index in [0.29, 0.717) is 13.1 Å². The Kier molecular flexibility index (Phi) is 4.23. The van der Waals surface area contributed by atoms with Gasteiger partial charge in [-0.1, -0.05) is 24.3 Å². The van der Waals surface area contributed by atoms with Crippen LogP contribution >= 0.6 is 0 Å². The summed E-state index contributed by atoms with van der Waals surface area (Å²) in [5.41, 5.74) is 2.50. The number of sulfonamides is 1. The van der Waals surface area contributed by atoms with E-state index in [4.69, 9.17) is 0 Å². The molecule has 2 atom stereocenters. The van der Waals surface area contributed by atoms with Gasteiger partial charge >= 0.3 is 0 Å². The molecule has 1 N–H and O–H groups in total. The molecule has 120 valence electrons. The van der Waals surface area contributed by atoms with Gasteiger partial charge in [0.25, 0.3) is 0 Å². The zero-order valence-electron chi connectivity index (χ0n) is 12.8. The number of hydrogen-bond donors (Lipinski definition) is 1. The lowest BCUT2D eigenvalue weighted by molar-refractivity contribution is -0.126. The van der Waals surface area contributed by atoms with Crippen LogP contribution in [0.4, 0.5) is 0 Å². The van der Waals surface area contributed by atoms with Crippen molar-refractivity contribution in [2.45, 2.75) is 31.7 Å². The van der Waals surface area contributed by atoms with Crippen molar-refractivity contribution >= 4 is 15.9 Å². The molecule has 1 amide bonds. The second-order valence-corrected chi connectivity index (χ2v) is 8.24. The van der Waals surface area contributed by atoms with Crippen LogP contribution in [0.15, 0.2) is 24.3 Å². The van der Waals surface area contributed by atoms with Crippen LogP contribution in [0, 0.1) is 5.92 Å². The van der Waals surface area contributed by atoms with Gasteiger partial charge in [-0.25, -0.2) is 12.7 Å². The zero-order chi connectivity index (χ0) is 15.7. The first kappa shape index (κ1) is 15.5. The minimum atomic E-state index is -3.21. The fraction of sp³-hybridized carbons (Fsp3) is 0.562. The molecule has 0 radical (unpaired) electrons. The van der Waals surface area contributed by atoms with E-state index in [0.717, 1.165) is 25.7 Å². The largest absolute Gasteiger partial charge is 0.349 e. The number of benzene rings is 1. The Labute approximate surface area is 131 Å². The second-order valence-electron chi connectivity index (χ2n) is 6.26. The summed E-state index contributed by atoms with van der Waals surface area (Å²) in [6, 6.07) is 8.26. The van der Waals surface area contributed by atoms with Crippen LogP contribution in [0.5, 0.6) is 0 Å². The standard InChI is InChI=1S/C16H22N2O3S/c1-22(20,21)18-10-4-6-13(11-18)16(19)17-15-9-8-12-5-2-3-7-14(12)15/h2-3,5,7,13,15H,4,6,8-11H2,1H3,(H,17,19). The number of piperidine rings is 1. The molecule has 2 unspecified atom stereocenters.